The Morgan fingerprint density at radius 2 is 1.02 bits per heavy atom. The summed E-state index contributed by atoms with van der Waals surface area (Å²) in [7, 11) is 0. The van der Waals surface area contributed by atoms with Gasteiger partial charge in [-0.25, -0.2) is 0 Å². The summed E-state index contributed by atoms with van der Waals surface area (Å²) < 4.78 is 0. The number of pyridine rings is 3. The van der Waals surface area contributed by atoms with Crippen molar-refractivity contribution in [3.63, 3.8) is 0 Å². The van der Waals surface area contributed by atoms with Crippen molar-refractivity contribution < 1.29 is 20.1 Å². The first-order chi connectivity index (χ1) is 22.3. The molecule has 224 valence electrons. The number of hydrogen-bond acceptors (Lipinski definition) is 3. The molecule has 0 atom stereocenters. The quantitative estimate of drug-likeness (QED) is 0.145. The van der Waals surface area contributed by atoms with Crippen LogP contribution in [0.25, 0.3) is 33.8 Å². The average Bonchev–Trinajstić information content (AvgIpc) is 3.13. The summed E-state index contributed by atoms with van der Waals surface area (Å²) in [6.07, 6.45) is 8.41. The van der Waals surface area contributed by atoms with Crippen LogP contribution in [0.1, 0.15) is 22.3 Å². The van der Waals surface area contributed by atoms with Gasteiger partial charge >= 0.3 is 20.1 Å². The van der Waals surface area contributed by atoms with Gasteiger partial charge in [0.05, 0.1) is 0 Å². The van der Waals surface area contributed by atoms with Crippen molar-refractivity contribution in [1.29, 1.82) is 0 Å². The van der Waals surface area contributed by atoms with Gasteiger partial charge in [0.25, 0.3) is 0 Å². The maximum absolute atomic E-state index is 4.65. The van der Waals surface area contributed by atoms with Gasteiger partial charge in [0, 0.05) is 18.6 Å². The number of benzene rings is 4. The van der Waals surface area contributed by atoms with E-state index >= 15 is 0 Å². The van der Waals surface area contributed by atoms with Gasteiger partial charge < -0.3 is 15.0 Å². The van der Waals surface area contributed by atoms with Crippen LogP contribution in [0.15, 0.2) is 158 Å². The predicted molar refractivity (Wildman–Crippen MR) is 182 cm³/mol. The van der Waals surface area contributed by atoms with Gasteiger partial charge in [0.2, 0.25) is 0 Å². The van der Waals surface area contributed by atoms with Crippen molar-refractivity contribution in [2.75, 3.05) is 0 Å². The summed E-state index contributed by atoms with van der Waals surface area (Å²) >= 11 is 0. The molecule has 7 rings (SSSR count). The van der Waals surface area contributed by atoms with E-state index in [1.165, 1.54) is 22.3 Å². The van der Waals surface area contributed by atoms with Gasteiger partial charge in [-0.3, -0.25) is 0 Å². The molecule has 0 radical (unpaired) electrons. The van der Waals surface area contributed by atoms with Crippen LogP contribution in [0.2, 0.25) is 0 Å². The van der Waals surface area contributed by atoms with E-state index in [0.29, 0.717) is 0 Å². The molecule has 0 saturated heterocycles. The smallest absolute Gasteiger partial charge is 0.305 e. The average molecular weight is 771 g/mol. The topological polar surface area (TPSA) is 38.7 Å². The second-order valence-corrected chi connectivity index (χ2v) is 10.5. The summed E-state index contributed by atoms with van der Waals surface area (Å²) in [5, 5.41) is 0. The van der Waals surface area contributed by atoms with Crippen LogP contribution in [-0.4, -0.2) is 15.0 Å². The summed E-state index contributed by atoms with van der Waals surface area (Å²) in [6, 6.07) is 56.6. The van der Waals surface area contributed by atoms with Crippen LogP contribution < -0.4 is 0 Å². The Morgan fingerprint density at radius 1 is 0.435 bits per heavy atom. The van der Waals surface area contributed by atoms with E-state index in [-0.39, 0.29) is 20.1 Å². The minimum atomic E-state index is 0. The summed E-state index contributed by atoms with van der Waals surface area (Å²) in [4.78, 5) is 13.4. The first-order valence-electron chi connectivity index (χ1n) is 15.1. The van der Waals surface area contributed by atoms with Crippen LogP contribution in [0.4, 0.5) is 0 Å². The molecule has 0 amide bonds. The molecule has 4 aromatic carbocycles. The van der Waals surface area contributed by atoms with Crippen molar-refractivity contribution in [2.45, 2.75) is 19.3 Å². The first-order valence-corrected chi connectivity index (χ1v) is 15.1. The molecule has 0 unspecified atom stereocenters. The van der Waals surface area contributed by atoms with Gasteiger partial charge in [-0.2, -0.15) is 0 Å². The Bertz CT molecular complexity index is 1860. The number of hydrogen-bond donors (Lipinski definition) is 0. The zero-order valence-corrected chi connectivity index (χ0v) is 27.7. The Kier molecular flexibility index (Phi) is 11.9. The molecule has 0 bridgehead atoms. The van der Waals surface area contributed by atoms with Gasteiger partial charge in [-0.1, -0.05) is 60.7 Å². The van der Waals surface area contributed by atoms with E-state index in [9.17, 15) is 0 Å². The molecule has 0 saturated carbocycles. The molecule has 0 aliphatic rings. The molecule has 7 aromatic rings. The second-order valence-electron chi connectivity index (χ2n) is 10.5. The largest absolute Gasteiger partial charge is 3.00 e. The molecular weight excluding hydrogens is 739 g/mol. The molecule has 46 heavy (non-hydrogen) atoms. The first kappa shape index (κ1) is 32.4. The third kappa shape index (κ3) is 8.79. The van der Waals surface area contributed by atoms with Gasteiger partial charge in [0.1, 0.15) is 0 Å². The fourth-order valence-corrected chi connectivity index (χ4v) is 5.19. The molecule has 0 N–H and O–H groups in total. The van der Waals surface area contributed by atoms with Crippen molar-refractivity contribution in [1.82, 2.24) is 15.0 Å². The standard InChI is InChI=1S/C31H24N2.C11H8N.Ir/c1-2-11-26(12-3-1)30-20-18-24(23-33-30)17-19-25-10-4-5-13-27(25)22-28-14-6-7-15-29(28)31-16-8-9-21-32-31;1-2-6-10(7-3-1)11-8-4-5-9-12-11;/h1-11,13-14,16,18,20-21,23H,17,19,22H2;1-6,8-9H;/q-2;-1;+3. The van der Waals surface area contributed by atoms with Crippen LogP contribution in [0.5, 0.6) is 0 Å². The van der Waals surface area contributed by atoms with Crippen molar-refractivity contribution in [3.8, 4) is 33.8 Å². The number of aromatic nitrogens is 3. The van der Waals surface area contributed by atoms with Crippen molar-refractivity contribution >= 4 is 0 Å². The Hall–Kier alpha value is -5.02. The SMILES string of the molecule is [Ir+3].[c-]1ccccc1-c1ccc(CCc2ccccc2Cc2ccc[c-]c2-c2ccccn2)cn1.[c-]1ccccc1-c1ccccn1. The maximum Gasteiger partial charge on any atom is 3.00 e. The zero-order valence-electron chi connectivity index (χ0n) is 25.3. The molecule has 3 heterocycles. The number of nitrogens with zero attached hydrogens (tertiary/aromatic N) is 3. The van der Waals surface area contributed by atoms with E-state index in [1.807, 2.05) is 103 Å². The molecule has 0 fully saturated rings. The van der Waals surface area contributed by atoms with Crippen LogP contribution in [0, 0.1) is 18.2 Å². The van der Waals surface area contributed by atoms with Crippen LogP contribution in [-0.2, 0) is 39.4 Å². The third-order valence-corrected chi connectivity index (χ3v) is 7.51. The fourth-order valence-electron chi connectivity index (χ4n) is 5.19. The van der Waals surface area contributed by atoms with Gasteiger partial charge in [-0.15, -0.1) is 107 Å². The van der Waals surface area contributed by atoms with E-state index in [1.54, 1.807) is 6.20 Å². The van der Waals surface area contributed by atoms with Crippen LogP contribution in [0.3, 0.4) is 0 Å². The monoisotopic (exact) mass is 771 g/mol. The van der Waals surface area contributed by atoms with Gasteiger partial charge in [0.15, 0.2) is 0 Å². The molecule has 4 heteroatoms. The fraction of sp³-hybridized carbons (Fsp3) is 0.0714. The summed E-state index contributed by atoms with van der Waals surface area (Å²) in [6.45, 7) is 0. The number of rotatable bonds is 8. The van der Waals surface area contributed by atoms with Crippen molar-refractivity contribution in [2.24, 2.45) is 0 Å². The summed E-state index contributed by atoms with van der Waals surface area (Å²) in [5.74, 6) is 0. The maximum atomic E-state index is 4.65. The minimum absolute atomic E-state index is 0. The normalized spacial score (nSPS) is 10.3. The molecule has 3 aromatic heterocycles. The van der Waals surface area contributed by atoms with E-state index in [4.69, 9.17) is 0 Å². The van der Waals surface area contributed by atoms with E-state index < -0.39 is 0 Å². The van der Waals surface area contributed by atoms with E-state index in [0.717, 1.165) is 53.0 Å². The Labute approximate surface area is 285 Å². The molecular formula is C42H32IrN3. The molecule has 0 aliphatic heterocycles. The summed E-state index contributed by atoms with van der Waals surface area (Å²) in [5.41, 5.74) is 11.2. The minimum Gasteiger partial charge on any atom is -0.305 e. The van der Waals surface area contributed by atoms with Gasteiger partial charge in [-0.05, 0) is 65.2 Å². The number of aryl methyl sites for hydroxylation is 2. The molecule has 0 aliphatic carbocycles. The van der Waals surface area contributed by atoms with Crippen molar-refractivity contribution in [3.05, 3.63) is 199 Å². The predicted octanol–water partition coefficient (Wildman–Crippen LogP) is 9.33. The van der Waals surface area contributed by atoms with E-state index in [2.05, 4.69) is 81.7 Å². The Morgan fingerprint density at radius 3 is 1.63 bits per heavy atom. The Balaban J connectivity index is 0.000000269. The zero-order chi connectivity index (χ0) is 30.5. The molecule has 0 spiro atoms. The molecule has 3 nitrogen and oxygen atoms in total. The van der Waals surface area contributed by atoms with Crippen LogP contribution >= 0.6 is 0 Å². The second kappa shape index (κ2) is 16.9. The third-order valence-electron chi connectivity index (χ3n) is 7.51.